The number of hydrogen-bond acceptors (Lipinski definition) is 6. The van der Waals surface area contributed by atoms with Crippen LogP contribution in [-0.4, -0.2) is 28.4 Å². The van der Waals surface area contributed by atoms with Crippen LogP contribution in [0.5, 0.6) is 23.0 Å². The van der Waals surface area contributed by atoms with Crippen molar-refractivity contribution in [3.05, 3.63) is 35.4 Å². The zero-order valence-corrected chi connectivity index (χ0v) is 14.3. The van der Waals surface area contributed by atoms with Crippen LogP contribution in [0.2, 0.25) is 0 Å². The fraction of sp³-hybridized carbons (Fsp3) is 0.222. The maximum Gasteiger partial charge on any atom is 0.205 e. The molecule has 4 N–H and O–H groups in total. The Morgan fingerprint density at radius 1 is 0.750 bits per heavy atom. The normalized spacial score (nSPS) is 10.7. The van der Waals surface area contributed by atoms with E-state index in [1.54, 1.807) is 20.3 Å². The zero-order valence-electron chi connectivity index (χ0n) is 14.3. The summed E-state index contributed by atoms with van der Waals surface area (Å²) in [5.41, 5.74) is 14.8. The molecule has 0 spiro atoms. The number of nitrogens with two attached hydrogens (primary N) is 2. The van der Waals surface area contributed by atoms with E-state index in [1.165, 1.54) is 14.2 Å². The lowest BCUT2D eigenvalue weighted by atomic mass is 10.1. The lowest BCUT2D eigenvalue weighted by Gasteiger charge is -2.16. The molecule has 0 radical (unpaired) electrons. The number of rotatable bonds is 6. The van der Waals surface area contributed by atoms with Crippen molar-refractivity contribution in [3.8, 4) is 23.0 Å². The van der Waals surface area contributed by atoms with E-state index in [2.05, 4.69) is 0 Å². The fourth-order valence-corrected chi connectivity index (χ4v) is 2.38. The van der Waals surface area contributed by atoms with Gasteiger partial charge in [0.1, 0.15) is 5.75 Å². The lowest BCUT2D eigenvalue weighted by Crippen LogP contribution is -2.01. The standard InChI is InChI=1S/C18H22N2O4/c1-21-14-8-6-11(9-13(14)19)5-7-12-10-15(22-2)17(23-3)18(24-4)16(12)20/h5-10H,19-20H2,1-4H3/b7-5-. The molecule has 0 amide bonds. The Balaban J connectivity index is 2.43. The minimum absolute atomic E-state index is 0.436. The second kappa shape index (κ2) is 7.50. The van der Waals surface area contributed by atoms with Crippen molar-refractivity contribution >= 4 is 23.5 Å². The van der Waals surface area contributed by atoms with Crippen LogP contribution in [0.15, 0.2) is 24.3 Å². The van der Waals surface area contributed by atoms with Gasteiger partial charge in [0, 0.05) is 5.56 Å². The minimum atomic E-state index is 0.436. The quantitative estimate of drug-likeness (QED) is 0.625. The van der Waals surface area contributed by atoms with Gasteiger partial charge in [-0.1, -0.05) is 18.2 Å². The van der Waals surface area contributed by atoms with Gasteiger partial charge in [-0.2, -0.15) is 0 Å². The van der Waals surface area contributed by atoms with Gasteiger partial charge in [-0.05, 0) is 23.8 Å². The Morgan fingerprint density at radius 2 is 1.42 bits per heavy atom. The lowest BCUT2D eigenvalue weighted by molar-refractivity contribution is 0.325. The second-order valence-corrected chi connectivity index (χ2v) is 4.98. The number of hydrogen-bond donors (Lipinski definition) is 2. The van der Waals surface area contributed by atoms with Gasteiger partial charge in [-0.3, -0.25) is 0 Å². The highest BCUT2D eigenvalue weighted by Gasteiger charge is 2.17. The number of ether oxygens (including phenoxy) is 4. The topological polar surface area (TPSA) is 89.0 Å². The molecule has 0 atom stereocenters. The molecule has 0 aromatic heterocycles. The molecule has 0 saturated heterocycles. The van der Waals surface area contributed by atoms with E-state index >= 15 is 0 Å². The third-order valence-corrected chi connectivity index (χ3v) is 3.61. The Hall–Kier alpha value is -3.02. The Morgan fingerprint density at radius 3 is 1.96 bits per heavy atom. The van der Waals surface area contributed by atoms with E-state index in [4.69, 9.17) is 30.4 Å². The number of methoxy groups -OCH3 is 4. The highest BCUT2D eigenvalue weighted by atomic mass is 16.5. The third-order valence-electron chi connectivity index (χ3n) is 3.61. The van der Waals surface area contributed by atoms with Crippen LogP contribution in [0.1, 0.15) is 11.1 Å². The van der Waals surface area contributed by atoms with Gasteiger partial charge in [-0.25, -0.2) is 0 Å². The average Bonchev–Trinajstić information content (AvgIpc) is 2.60. The summed E-state index contributed by atoms with van der Waals surface area (Å²) < 4.78 is 21.2. The molecule has 0 saturated carbocycles. The molecule has 2 aromatic carbocycles. The first kappa shape index (κ1) is 17.3. The van der Waals surface area contributed by atoms with Crippen molar-refractivity contribution in [2.24, 2.45) is 0 Å². The van der Waals surface area contributed by atoms with Gasteiger partial charge in [0.25, 0.3) is 0 Å². The Bertz CT molecular complexity index is 757. The molecule has 128 valence electrons. The van der Waals surface area contributed by atoms with E-state index in [-0.39, 0.29) is 0 Å². The summed E-state index contributed by atoms with van der Waals surface area (Å²) in [4.78, 5) is 0. The minimum Gasteiger partial charge on any atom is -0.495 e. The Kier molecular flexibility index (Phi) is 5.42. The van der Waals surface area contributed by atoms with Crippen LogP contribution in [0.25, 0.3) is 12.2 Å². The van der Waals surface area contributed by atoms with Crippen LogP contribution in [-0.2, 0) is 0 Å². The zero-order chi connectivity index (χ0) is 17.7. The molecule has 6 heteroatoms. The summed E-state index contributed by atoms with van der Waals surface area (Å²) in [6.07, 6.45) is 3.76. The summed E-state index contributed by atoms with van der Waals surface area (Å²) in [5.74, 6) is 2.07. The van der Waals surface area contributed by atoms with Crippen LogP contribution < -0.4 is 30.4 Å². The summed E-state index contributed by atoms with van der Waals surface area (Å²) >= 11 is 0. The highest BCUT2D eigenvalue weighted by molar-refractivity contribution is 5.83. The molecule has 0 heterocycles. The Labute approximate surface area is 141 Å². The molecule has 0 unspecified atom stereocenters. The molecule has 0 aliphatic heterocycles. The molecule has 6 nitrogen and oxygen atoms in total. The average molecular weight is 330 g/mol. The number of benzene rings is 2. The van der Waals surface area contributed by atoms with Crippen molar-refractivity contribution in [2.45, 2.75) is 0 Å². The largest absolute Gasteiger partial charge is 0.495 e. The van der Waals surface area contributed by atoms with Gasteiger partial charge in [0.2, 0.25) is 5.75 Å². The molecule has 0 bridgehead atoms. The first-order chi connectivity index (χ1) is 11.5. The summed E-state index contributed by atoms with van der Waals surface area (Å²) in [6.45, 7) is 0. The first-order valence-corrected chi connectivity index (χ1v) is 7.25. The van der Waals surface area contributed by atoms with Crippen molar-refractivity contribution in [1.82, 2.24) is 0 Å². The molecular weight excluding hydrogens is 308 g/mol. The molecule has 24 heavy (non-hydrogen) atoms. The molecule has 2 aromatic rings. The number of nitrogen functional groups attached to an aromatic ring is 2. The van der Waals surface area contributed by atoms with Gasteiger partial charge in [0.05, 0.1) is 39.8 Å². The van der Waals surface area contributed by atoms with E-state index in [9.17, 15) is 0 Å². The highest BCUT2D eigenvalue weighted by Crippen LogP contribution is 2.44. The summed E-state index contributed by atoms with van der Waals surface area (Å²) in [5, 5.41) is 0. The van der Waals surface area contributed by atoms with Gasteiger partial charge < -0.3 is 30.4 Å². The SMILES string of the molecule is COc1ccc(/C=C\c2cc(OC)c(OC)c(OC)c2N)cc1N. The first-order valence-electron chi connectivity index (χ1n) is 7.25. The molecule has 0 aliphatic carbocycles. The van der Waals surface area contributed by atoms with E-state index in [0.717, 1.165) is 11.1 Å². The van der Waals surface area contributed by atoms with Crippen molar-refractivity contribution in [2.75, 3.05) is 39.9 Å². The molecule has 0 fully saturated rings. The second-order valence-electron chi connectivity index (χ2n) is 4.98. The van der Waals surface area contributed by atoms with Crippen LogP contribution in [0.4, 0.5) is 11.4 Å². The predicted octanol–water partition coefficient (Wildman–Crippen LogP) is 3.06. The van der Waals surface area contributed by atoms with Gasteiger partial charge in [0.15, 0.2) is 11.5 Å². The van der Waals surface area contributed by atoms with Gasteiger partial charge >= 0.3 is 0 Å². The van der Waals surface area contributed by atoms with E-state index in [0.29, 0.717) is 34.4 Å². The van der Waals surface area contributed by atoms with Crippen LogP contribution in [0, 0.1) is 0 Å². The summed E-state index contributed by atoms with van der Waals surface area (Å²) in [6, 6.07) is 7.33. The smallest absolute Gasteiger partial charge is 0.205 e. The molecular formula is C18H22N2O4. The van der Waals surface area contributed by atoms with Crippen molar-refractivity contribution < 1.29 is 18.9 Å². The van der Waals surface area contributed by atoms with Gasteiger partial charge in [-0.15, -0.1) is 0 Å². The molecule has 0 aliphatic rings. The number of anilines is 2. The third kappa shape index (κ3) is 3.32. The van der Waals surface area contributed by atoms with E-state index in [1.807, 2.05) is 30.4 Å². The van der Waals surface area contributed by atoms with Crippen LogP contribution >= 0.6 is 0 Å². The summed E-state index contributed by atoms with van der Waals surface area (Å²) in [7, 11) is 6.21. The van der Waals surface area contributed by atoms with E-state index < -0.39 is 0 Å². The van der Waals surface area contributed by atoms with Crippen LogP contribution in [0.3, 0.4) is 0 Å². The van der Waals surface area contributed by atoms with Crippen molar-refractivity contribution in [1.29, 1.82) is 0 Å². The van der Waals surface area contributed by atoms with Crippen molar-refractivity contribution in [3.63, 3.8) is 0 Å². The maximum absolute atomic E-state index is 6.18. The molecule has 2 rings (SSSR count). The fourth-order valence-electron chi connectivity index (χ4n) is 2.38. The monoisotopic (exact) mass is 330 g/mol. The predicted molar refractivity (Wildman–Crippen MR) is 96.8 cm³/mol. The maximum atomic E-state index is 6.18.